The van der Waals surface area contributed by atoms with E-state index in [1.165, 1.54) is 22.0 Å². The van der Waals surface area contributed by atoms with Gasteiger partial charge in [-0.2, -0.15) is 4.31 Å². The molecule has 1 amide bonds. The number of aryl methyl sites for hydroxylation is 1. The number of hydrogen-bond donors (Lipinski definition) is 1. The predicted octanol–water partition coefficient (Wildman–Crippen LogP) is 3.18. The van der Waals surface area contributed by atoms with Crippen molar-refractivity contribution in [1.82, 2.24) is 9.62 Å². The number of anilines is 1. The summed E-state index contributed by atoms with van der Waals surface area (Å²) in [5.74, 6) is -0.613. The summed E-state index contributed by atoms with van der Waals surface area (Å²) in [6.45, 7) is 4.15. The maximum Gasteiger partial charge on any atom is 0.252 e. The zero-order chi connectivity index (χ0) is 21.0. The Bertz CT molecular complexity index is 990. The van der Waals surface area contributed by atoms with Crippen LogP contribution in [0, 0.1) is 6.92 Å². The van der Waals surface area contributed by atoms with Crippen molar-refractivity contribution in [3.63, 3.8) is 0 Å². The highest BCUT2D eigenvalue weighted by atomic mass is 35.5. The summed E-state index contributed by atoms with van der Waals surface area (Å²) in [7, 11) is -3.46. The van der Waals surface area contributed by atoms with Crippen LogP contribution in [0.2, 0.25) is 10.0 Å². The summed E-state index contributed by atoms with van der Waals surface area (Å²) >= 11 is 11.9. The largest absolute Gasteiger partial charge is 0.369 e. The van der Waals surface area contributed by atoms with Gasteiger partial charge in [-0.1, -0.05) is 35.3 Å². The second-order valence-electron chi connectivity index (χ2n) is 6.92. The van der Waals surface area contributed by atoms with Gasteiger partial charge >= 0.3 is 0 Å². The third-order valence-corrected chi connectivity index (χ3v) is 7.25. The summed E-state index contributed by atoms with van der Waals surface area (Å²) in [6, 6.07) is 12.7. The van der Waals surface area contributed by atoms with E-state index in [2.05, 4.69) is 16.3 Å². The predicted molar refractivity (Wildman–Crippen MR) is 118 cm³/mol. The van der Waals surface area contributed by atoms with Gasteiger partial charge in [0.25, 0.3) is 5.91 Å². The first-order valence-corrected chi connectivity index (χ1v) is 11.7. The van der Waals surface area contributed by atoms with Crippen molar-refractivity contribution in [1.29, 1.82) is 0 Å². The summed E-state index contributed by atoms with van der Waals surface area (Å²) in [5.41, 5.74) is 2.50. The van der Waals surface area contributed by atoms with E-state index < -0.39 is 15.9 Å². The van der Waals surface area contributed by atoms with Crippen molar-refractivity contribution in [3.8, 4) is 0 Å². The van der Waals surface area contributed by atoms with Crippen molar-refractivity contribution in [3.05, 3.63) is 63.6 Å². The lowest BCUT2D eigenvalue weighted by Crippen LogP contribution is -2.50. The van der Waals surface area contributed by atoms with Gasteiger partial charge in [0.05, 0.1) is 16.3 Å². The van der Waals surface area contributed by atoms with Gasteiger partial charge in [0, 0.05) is 43.4 Å². The minimum atomic E-state index is -3.46. The summed E-state index contributed by atoms with van der Waals surface area (Å²) < 4.78 is 26.7. The molecule has 1 N–H and O–H groups in total. The standard InChI is InChI=1S/C20H23Cl2N3O3S/c1-15-3-2-4-17(13-15)24-8-10-25(11-9-24)29(27,28)12-7-23-20(26)18-14-16(21)5-6-19(18)22/h2-6,13-14H,7-12H2,1H3,(H,23,26). The molecular weight excluding hydrogens is 433 g/mol. The molecule has 1 fully saturated rings. The molecular formula is C20H23Cl2N3O3S. The SMILES string of the molecule is Cc1cccc(N2CCN(S(=O)(=O)CCNC(=O)c3cc(Cl)ccc3Cl)CC2)c1. The first-order valence-electron chi connectivity index (χ1n) is 9.29. The number of carbonyl (C=O) groups is 1. The van der Waals surface area contributed by atoms with Crippen LogP contribution >= 0.6 is 23.2 Å². The van der Waals surface area contributed by atoms with E-state index in [1.807, 2.05) is 25.1 Å². The number of hydrogen-bond acceptors (Lipinski definition) is 4. The number of benzene rings is 2. The van der Waals surface area contributed by atoms with Crippen LogP contribution in [0.15, 0.2) is 42.5 Å². The molecule has 0 saturated carbocycles. The van der Waals surface area contributed by atoms with Gasteiger partial charge in [-0.15, -0.1) is 0 Å². The quantitative estimate of drug-likeness (QED) is 0.725. The van der Waals surface area contributed by atoms with Gasteiger partial charge in [-0.25, -0.2) is 8.42 Å². The maximum atomic E-state index is 12.6. The zero-order valence-corrected chi connectivity index (χ0v) is 18.4. The van der Waals surface area contributed by atoms with Crippen LogP contribution in [-0.2, 0) is 10.0 Å². The summed E-state index contributed by atoms with van der Waals surface area (Å²) in [5, 5.41) is 3.26. The number of nitrogens with zero attached hydrogens (tertiary/aromatic N) is 2. The normalized spacial score (nSPS) is 15.3. The van der Waals surface area contributed by atoms with Crippen LogP contribution in [0.4, 0.5) is 5.69 Å². The van der Waals surface area contributed by atoms with E-state index in [1.54, 1.807) is 6.07 Å². The average molecular weight is 456 g/mol. The second kappa shape index (κ2) is 9.34. The highest BCUT2D eigenvalue weighted by Gasteiger charge is 2.27. The molecule has 9 heteroatoms. The lowest BCUT2D eigenvalue weighted by molar-refractivity contribution is 0.0956. The van der Waals surface area contributed by atoms with Gasteiger partial charge in [-0.05, 0) is 42.8 Å². The molecule has 29 heavy (non-hydrogen) atoms. The Balaban J connectivity index is 1.51. The maximum absolute atomic E-state index is 12.6. The molecule has 0 unspecified atom stereocenters. The van der Waals surface area contributed by atoms with Crippen molar-refractivity contribution in [2.75, 3.05) is 43.4 Å². The van der Waals surface area contributed by atoms with E-state index in [-0.39, 0.29) is 22.9 Å². The number of nitrogens with one attached hydrogen (secondary N) is 1. The van der Waals surface area contributed by atoms with Crippen molar-refractivity contribution >= 4 is 44.8 Å². The number of halogens is 2. The molecule has 3 rings (SSSR count). The van der Waals surface area contributed by atoms with Crippen LogP contribution in [0.3, 0.4) is 0 Å². The van der Waals surface area contributed by atoms with Crippen LogP contribution in [-0.4, -0.2) is 57.1 Å². The van der Waals surface area contributed by atoms with E-state index in [4.69, 9.17) is 23.2 Å². The second-order valence-corrected chi connectivity index (χ2v) is 9.85. The van der Waals surface area contributed by atoms with Crippen molar-refractivity contribution in [2.24, 2.45) is 0 Å². The Morgan fingerprint density at radius 2 is 1.79 bits per heavy atom. The number of piperazine rings is 1. The molecule has 0 aliphatic carbocycles. The van der Waals surface area contributed by atoms with E-state index >= 15 is 0 Å². The number of sulfonamides is 1. The molecule has 1 aliphatic rings. The minimum Gasteiger partial charge on any atom is -0.369 e. The monoisotopic (exact) mass is 455 g/mol. The Labute approximate surface area is 181 Å². The van der Waals surface area contributed by atoms with Gasteiger partial charge in [0.1, 0.15) is 0 Å². The lowest BCUT2D eigenvalue weighted by atomic mass is 10.2. The third kappa shape index (κ3) is 5.63. The van der Waals surface area contributed by atoms with Crippen molar-refractivity contribution < 1.29 is 13.2 Å². The lowest BCUT2D eigenvalue weighted by Gasteiger charge is -2.35. The Morgan fingerprint density at radius 3 is 2.48 bits per heavy atom. The zero-order valence-electron chi connectivity index (χ0n) is 16.1. The molecule has 2 aromatic carbocycles. The minimum absolute atomic E-state index is 0.00209. The Kier molecular flexibility index (Phi) is 7.05. The molecule has 1 aliphatic heterocycles. The summed E-state index contributed by atoms with van der Waals surface area (Å²) in [6.07, 6.45) is 0. The van der Waals surface area contributed by atoms with Crippen LogP contribution in [0.1, 0.15) is 15.9 Å². The fraction of sp³-hybridized carbons (Fsp3) is 0.350. The molecule has 156 valence electrons. The van der Waals surface area contributed by atoms with Gasteiger partial charge in [-0.3, -0.25) is 4.79 Å². The van der Waals surface area contributed by atoms with Crippen LogP contribution in [0.25, 0.3) is 0 Å². The van der Waals surface area contributed by atoms with Crippen LogP contribution in [0.5, 0.6) is 0 Å². The Morgan fingerprint density at radius 1 is 1.07 bits per heavy atom. The topological polar surface area (TPSA) is 69.7 Å². The van der Waals surface area contributed by atoms with Gasteiger partial charge < -0.3 is 10.2 Å². The average Bonchev–Trinajstić information content (AvgIpc) is 2.69. The number of carbonyl (C=O) groups excluding carboxylic acids is 1. The highest BCUT2D eigenvalue weighted by Crippen LogP contribution is 2.21. The van der Waals surface area contributed by atoms with Gasteiger partial charge in [0.2, 0.25) is 10.0 Å². The Hall–Kier alpha value is -1.80. The van der Waals surface area contributed by atoms with Crippen molar-refractivity contribution in [2.45, 2.75) is 6.92 Å². The smallest absolute Gasteiger partial charge is 0.252 e. The first-order chi connectivity index (χ1) is 13.8. The molecule has 0 bridgehead atoms. The van der Waals surface area contributed by atoms with E-state index in [9.17, 15) is 13.2 Å². The van der Waals surface area contributed by atoms with E-state index in [0.29, 0.717) is 31.2 Å². The molecule has 6 nitrogen and oxygen atoms in total. The summed E-state index contributed by atoms with van der Waals surface area (Å²) in [4.78, 5) is 14.4. The fourth-order valence-electron chi connectivity index (χ4n) is 3.24. The number of rotatable bonds is 6. The first kappa shape index (κ1) is 21.9. The molecule has 1 saturated heterocycles. The van der Waals surface area contributed by atoms with E-state index in [0.717, 1.165) is 5.69 Å². The number of amides is 1. The van der Waals surface area contributed by atoms with Gasteiger partial charge in [0.15, 0.2) is 0 Å². The molecule has 2 aromatic rings. The molecule has 0 spiro atoms. The van der Waals surface area contributed by atoms with Crippen LogP contribution < -0.4 is 10.2 Å². The molecule has 0 aromatic heterocycles. The molecule has 0 atom stereocenters. The molecule has 1 heterocycles. The molecule has 0 radical (unpaired) electrons. The highest BCUT2D eigenvalue weighted by molar-refractivity contribution is 7.89. The third-order valence-electron chi connectivity index (χ3n) is 4.82. The fourth-order valence-corrected chi connectivity index (χ4v) is 4.95.